The number of nitro benzene ring substituents is 1. The second-order valence-corrected chi connectivity index (χ2v) is 4.69. The first-order chi connectivity index (χ1) is 10.5. The van der Waals surface area contributed by atoms with Gasteiger partial charge >= 0.3 is 5.97 Å². The predicted octanol–water partition coefficient (Wildman–Crippen LogP) is 3.19. The van der Waals surface area contributed by atoms with Crippen LogP contribution in [0.5, 0.6) is 0 Å². The van der Waals surface area contributed by atoms with Gasteiger partial charge in [0, 0.05) is 6.07 Å². The van der Waals surface area contributed by atoms with Crippen LogP contribution in [0.15, 0.2) is 51.7 Å². The van der Waals surface area contributed by atoms with Gasteiger partial charge in [0.05, 0.1) is 11.2 Å². The minimum atomic E-state index is -0.638. The van der Waals surface area contributed by atoms with Crippen LogP contribution in [0.1, 0.15) is 11.3 Å². The van der Waals surface area contributed by atoms with Crippen molar-refractivity contribution in [3.63, 3.8) is 0 Å². The third-order valence-corrected chi connectivity index (χ3v) is 3.13. The van der Waals surface area contributed by atoms with Gasteiger partial charge in [-0.15, -0.1) is 0 Å². The van der Waals surface area contributed by atoms with Crippen LogP contribution in [-0.4, -0.2) is 16.8 Å². The van der Waals surface area contributed by atoms with E-state index in [9.17, 15) is 14.9 Å². The van der Waals surface area contributed by atoms with Gasteiger partial charge in [-0.3, -0.25) is 10.1 Å². The van der Waals surface area contributed by atoms with Crippen molar-refractivity contribution in [1.29, 1.82) is 0 Å². The van der Waals surface area contributed by atoms with E-state index in [0.717, 1.165) is 0 Å². The quantitative estimate of drug-likeness (QED) is 0.375. The number of nitro groups is 1. The fraction of sp³-hybridized carbons (Fsp3) is 0. The summed E-state index contributed by atoms with van der Waals surface area (Å²) < 4.78 is 10.1. The van der Waals surface area contributed by atoms with E-state index in [1.165, 1.54) is 30.5 Å². The lowest BCUT2D eigenvalue weighted by Gasteiger charge is -1.97. The monoisotopic (exact) mass is 318 g/mol. The van der Waals surface area contributed by atoms with Gasteiger partial charge in [0.1, 0.15) is 5.02 Å². The smallest absolute Gasteiger partial charge is 0.363 e. The summed E-state index contributed by atoms with van der Waals surface area (Å²) in [7, 11) is 0. The van der Waals surface area contributed by atoms with Crippen molar-refractivity contribution in [1.82, 2.24) is 0 Å². The van der Waals surface area contributed by atoms with Gasteiger partial charge < -0.3 is 9.15 Å². The molecular weight excluding hydrogens is 312 g/mol. The van der Waals surface area contributed by atoms with Gasteiger partial charge in [-0.2, -0.15) is 0 Å². The second kappa shape index (κ2) is 5.45. The zero-order valence-corrected chi connectivity index (χ0v) is 11.6. The fourth-order valence-electron chi connectivity index (χ4n) is 1.83. The molecule has 0 bridgehead atoms. The van der Waals surface area contributed by atoms with Crippen molar-refractivity contribution in [3.8, 4) is 0 Å². The first-order valence-corrected chi connectivity index (χ1v) is 6.43. The maximum Gasteiger partial charge on any atom is 0.363 e. The van der Waals surface area contributed by atoms with Crippen molar-refractivity contribution < 1.29 is 18.9 Å². The fourth-order valence-corrected chi connectivity index (χ4v) is 2.09. The first kappa shape index (κ1) is 14.0. The normalized spacial score (nSPS) is 15.8. The summed E-state index contributed by atoms with van der Waals surface area (Å²) in [6, 6.07) is 7.35. The van der Waals surface area contributed by atoms with Crippen LogP contribution in [-0.2, 0) is 9.53 Å². The highest BCUT2D eigenvalue weighted by Gasteiger charge is 2.26. The molecule has 3 rings (SSSR count). The number of rotatable bonds is 3. The Balaban J connectivity index is 1.93. The Hall–Kier alpha value is -2.93. The predicted molar refractivity (Wildman–Crippen MR) is 77.4 cm³/mol. The first-order valence-electron chi connectivity index (χ1n) is 6.05. The van der Waals surface area contributed by atoms with Gasteiger partial charge in [-0.05, 0) is 35.9 Å². The number of ether oxygens (including phenoxy) is 1. The van der Waals surface area contributed by atoms with Crippen LogP contribution in [0.2, 0.25) is 5.02 Å². The lowest BCUT2D eigenvalue weighted by Crippen LogP contribution is -2.04. The number of esters is 1. The molecular formula is C14H7ClN2O5. The molecule has 7 nitrogen and oxygen atoms in total. The molecule has 0 fully saturated rings. The third-order valence-electron chi connectivity index (χ3n) is 2.82. The van der Waals surface area contributed by atoms with E-state index in [2.05, 4.69) is 4.99 Å². The van der Waals surface area contributed by atoms with Crippen molar-refractivity contribution in [2.75, 3.05) is 0 Å². The molecule has 1 aliphatic heterocycles. The molecule has 0 unspecified atom stereocenters. The maximum absolute atomic E-state index is 11.8. The number of benzene rings is 1. The third kappa shape index (κ3) is 2.61. The molecule has 0 aliphatic carbocycles. The number of aliphatic imine (C=N–C) groups is 1. The zero-order chi connectivity index (χ0) is 15.7. The average molecular weight is 319 g/mol. The van der Waals surface area contributed by atoms with Gasteiger partial charge in [-0.1, -0.05) is 11.6 Å². The van der Waals surface area contributed by atoms with E-state index in [1.54, 1.807) is 12.1 Å². The molecule has 0 amide bonds. The van der Waals surface area contributed by atoms with E-state index in [-0.39, 0.29) is 22.3 Å². The van der Waals surface area contributed by atoms with E-state index < -0.39 is 10.9 Å². The SMILES string of the molecule is O=C1OC(c2ccco2)=N/C1=C\c1ccc([N+](=O)[O-])c(Cl)c1. The van der Waals surface area contributed by atoms with Crippen molar-refractivity contribution >= 4 is 35.2 Å². The molecule has 1 aromatic heterocycles. The molecule has 0 N–H and O–H groups in total. The summed E-state index contributed by atoms with van der Waals surface area (Å²) in [4.78, 5) is 25.9. The molecule has 1 aromatic carbocycles. The number of hydrogen-bond acceptors (Lipinski definition) is 6. The number of furan rings is 1. The molecule has 110 valence electrons. The van der Waals surface area contributed by atoms with Crippen LogP contribution >= 0.6 is 11.6 Å². The van der Waals surface area contributed by atoms with Gasteiger partial charge in [0.2, 0.25) is 0 Å². The molecule has 8 heteroatoms. The average Bonchev–Trinajstić information content (AvgIpc) is 3.09. The van der Waals surface area contributed by atoms with E-state index in [0.29, 0.717) is 11.3 Å². The highest BCUT2D eigenvalue weighted by molar-refractivity contribution is 6.32. The number of halogens is 1. The molecule has 0 atom stereocenters. The molecule has 0 spiro atoms. The van der Waals surface area contributed by atoms with E-state index >= 15 is 0 Å². The number of carbonyl (C=O) groups is 1. The van der Waals surface area contributed by atoms with E-state index in [1.807, 2.05) is 0 Å². The second-order valence-electron chi connectivity index (χ2n) is 4.28. The largest absolute Gasteiger partial charge is 0.459 e. The summed E-state index contributed by atoms with van der Waals surface area (Å²) in [6.07, 6.45) is 2.86. The summed E-state index contributed by atoms with van der Waals surface area (Å²) in [5.41, 5.74) is 0.334. The van der Waals surface area contributed by atoms with Gasteiger partial charge in [-0.25, -0.2) is 9.79 Å². The van der Waals surface area contributed by atoms with Crippen LogP contribution in [0.3, 0.4) is 0 Å². The van der Waals surface area contributed by atoms with Crippen molar-refractivity contribution in [2.24, 2.45) is 4.99 Å². The number of nitrogens with zero attached hydrogens (tertiary/aromatic N) is 2. The number of hydrogen-bond donors (Lipinski definition) is 0. The number of cyclic esters (lactones) is 1. The minimum absolute atomic E-state index is 0.0269. The Morgan fingerprint density at radius 1 is 1.32 bits per heavy atom. The molecule has 0 radical (unpaired) electrons. The lowest BCUT2D eigenvalue weighted by molar-refractivity contribution is -0.384. The molecule has 2 heterocycles. The molecule has 0 saturated carbocycles. The van der Waals surface area contributed by atoms with Crippen molar-refractivity contribution in [2.45, 2.75) is 0 Å². The standard InChI is InChI=1S/C14H7ClN2O5/c15-9-6-8(3-4-11(9)17(19)20)7-10-14(18)22-13(16-10)12-2-1-5-21-12/h1-7H/b10-7-. The Morgan fingerprint density at radius 3 is 2.77 bits per heavy atom. The van der Waals surface area contributed by atoms with Crippen LogP contribution in [0.25, 0.3) is 6.08 Å². The lowest BCUT2D eigenvalue weighted by atomic mass is 10.2. The summed E-state index contributed by atoms with van der Waals surface area (Å²) >= 11 is 5.82. The van der Waals surface area contributed by atoms with Crippen molar-refractivity contribution in [3.05, 3.63) is 68.8 Å². The Labute approximate surface area is 128 Å². The Morgan fingerprint density at radius 2 is 2.14 bits per heavy atom. The van der Waals surface area contributed by atoms with Crippen LogP contribution in [0.4, 0.5) is 5.69 Å². The molecule has 2 aromatic rings. The van der Waals surface area contributed by atoms with Crippen LogP contribution in [0, 0.1) is 10.1 Å². The van der Waals surface area contributed by atoms with Gasteiger partial charge in [0.25, 0.3) is 11.6 Å². The highest BCUT2D eigenvalue weighted by Crippen LogP contribution is 2.27. The summed E-state index contributed by atoms with van der Waals surface area (Å²) in [6.45, 7) is 0. The summed E-state index contributed by atoms with van der Waals surface area (Å²) in [5, 5.41) is 10.7. The number of carbonyl (C=O) groups excluding carboxylic acids is 1. The Bertz CT molecular complexity index is 824. The zero-order valence-electron chi connectivity index (χ0n) is 10.9. The van der Waals surface area contributed by atoms with E-state index in [4.69, 9.17) is 20.8 Å². The minimum Gasteiger partial charge on any atom is -0.459 e. The molecule has 0 saturated heterocycles. The maximum atomic E-state index is 11.8. The van der Waals surface area contributed by atoms with Crippen LogP contribution < -0.4 is 0 Å². The molecule has 22 heavy (non-hydrogen) atoms. The topological polar surface area (TPSA) is 94.9 Å². The Kier molecular flexibility index (Phi) is 3.48. The summed E-state index contributed by atoms with van der Waals surface area (Å²) in [5.74, 6) is -0.242. The molecule has 1 aliphatic rings. The van der Waals surface area contributed by atoms with Gasteiger partial charge in [0.15, 0.2) is 11.5 Å². The highest BCUT2D eigenvalue weighted by atomic mass is 35.5.